The van der Waals surface area contributed by atoms with Crippen molar-refractivity contribution in [3.05, 3.63) is 78.2 Å². The molecule has 2 aromatic carbocycles. The number of hydrogen-bond acceptors (Lipinski definition) is 5. The van der Waals surface area contributed by atoms with Crippen molar-refractivity contribution in [2.75, 3.05) is 31.5 Å². The summed E-state index contributed by atoms with van der Waals surface area (Å²) in [6, 6.07) is 11.8. The van der Waals surface area contributed by atoms with E-state index >= 15 is 0 Å². The maximum atomic E-state index is 12.7. The van der Waals surface area contributed by atoms with E-state index in [9.17, 15) is 18.0 Å². The van der Waals surface area contributed by atoms with E-state index in [2.05, 4.69) is 20.2 Å². The number of anilines is 1. The number of piperazine rings is 1. The number of nitrogens with zero attached hydrogens (tertiary/aromatic N) is 4. The first-order valence-electron chi connectivity index (χ1n) is 10.4. The van der Waals surface area contributed by atoms with Gasteiger partial charge >= 0.3 is 12.2 Å². The van der Waals surface area contributed by atoms with Gasteiger partial charge in [0.15, 0.2) is 5.82 Å². The maximum absolute atomic E-state index is 12.7. The number of halogens is 3. The Hall–Kier alpha value is -3.66. The first-order chi connectivity index (χ1) is 15.9. The monoisotopic (exact) mass is 457 g/mol. The average Bonchev–Trinajstić information content (AvgIpc) is 2.80. The number of ether oxygens (including phenoxy) is 1. The lowest BCUT2D eigenvalue weighted by Gasteiger charge is -2.34. The molecule has 1 aromatic heterocycles. The molecule has 7 nitrogen and oxygen atoms in total. The van der Waals surface area contributed by atoms with E-state index in [0.717, 1.165) is 17.7 Å². The van der Waals surface area contributed by atoms with Gasteiger partial charge in [0.05, 0.1) is 11.8 Å². The molecular formula is C23H22F3N5O2. The van der Waals surface area contributed by atoms with Crippen LogP contribution in [0.3, 0.4) is 0 Å². The van der Waals surface area contributed by atoms with Crippen LogP contribution in [0, 0.1) is 0 Å². The summed E-state index contributed by atoms with van der Waals surface area (Å²) in [4.78, 5) is 24.3. The molecule has 0 atom stereocenters. The lowest BCUT2D eigenvalue weighted by molar-refractivity contribution is -0.137. The average molecular weight is 457 g/mol. The number of aromatic nitrogens is 2. The highest BCUT2D eigenvalue weighted by atomic mass is 19.4. The molecule has 33 heavy (non-hydrogen) atoms. The van der Waals surface area contributed by atoms with Crippen LogP contribution in [0.4, 0.5) is 23.8 Å². The fourth-order valence-corrected chi connectivity index (χ4v) is 3.47. The molecule has 0 unspecified atom stereocenters. The molecule has 1 aliphatic heterocycles. The number of hydrogen-bond donors (Lipinski definition) is 1. The Balaban J connectivity index is 1.29. The molecule has 3 aromatic rings. The van der Waals surface area contributed by atoms with Crippen molar-refractivity contribution in [1.82, 2.24) is 19.8 Å². The van der Waals surface area contributed by atoms with Crippen LogP contribution in [-0.4, -0.2) is 52.0 Å². The molecule has 172 valence electrons. The SMILES string of the molecule is O=C(Nc1cnccn1)N1CCN(Cc2cccc(Oc3ccc(C(F)(F)F)cc3)c2)CC1. The van der Waals surface area contributed by atoms with Gasteiger partial charge in [-0.3, -0.25) is 15.2 Å². The van der Waals surface area contributed by atoms with E-state index in [1.807, 2.05) is 18.2 Å². The number of benzene rings is 2. The van der Waals surface area contributed by atoms with Crippen molar-refractivity contribution in [2.24, 2.45) is 0 Å². The van der Waals surface area contributed by atoms with Gasteiger partial charge in [-0.1, -0.05) is 12.1 Å². The fourth-order valence-electron chi connectivity index (χ4n) is 3.47. The van der Waals surface area contributed by atoms with Gasteiger partial charge in [0, 0.05) is 45.1 Å². The summed E-state index contributed by atoms with van der Waals surface area (Å²) < 4.78 is 43.9. The molecule has 1 aliphatic rings. The number of carbonyl (C=O) groups excluding carboxylic acids is 1. The molecule has 1 fully saturated rings. The number of amides is 2. The molecule has 0 spiro atoms. The zero-order valence-electron chi connectivity index (χ0n) is 17.6. The van der Waals surface area contributed by atoms with Crippen LogP contribution in [0.2, 0.25) is 0 Å². The van der Waals surface area contributed by atoms with Gasteiger partial charge in [0.2, 0.25) is 0 Å². The van der Waals surface area contributed by atoms with E-state index in [4.69, 9.17) is 4.74 Å². The molecule has 0 bridgehead atoms. The summed E-state index contributed by atoms with van der Waals surface area (Å²) >= 11 is 0. The van der Waals surface area contributed by atoms with Crippen LogP contribution >= 0.6 is 0 Å². The zero-order valence-corrected chi connectivity index (χ0v) is 17.6. The Kier molecular flexibility index (Phi) is 6.74. The highest BCUT2D eigenvalue weighted by molar-refractivity contribution is 5.88. The molecule has 1 saturated heterocycles. The Morgan fingerprint density at radius 1 is 1.00 bits per heavy atom. The van der Waals surface area contributed by atoms with E-state index in [-0.39, 0.29) is 6.03 Å². The number of urea groups is 1. The summed E-state index contributed by atoms with van der Waals surface area (Å²) in [5.41, 5.74) is 0.296. The highest BCUT2D eigenvalue weighted by Crippen LogP contribution is 2.31. The van der Waals surface area contributed by atoms with Gasteiger partial charge in [-0.15, -0.1) is 0 Å². The molecule has 10 heteroatoms. The second-order valence-electron chi connectivity index (χ2n) is 7.56. The van der Waals surface area contributed by atoms with E-state index in [0.29, 0.717) is 50.0 Å². The van der Waals surface area contributed by atoms with E-state index in [1.54, 1.807) is 11.0 Å². The van der Waals surface area contributed by atoms with Crippen molar-refractivity contribution in [1.29, 1.82) is 0 Å². The fraction of sp³-hybridized carbons (Fsp3) is 0.261. The topological polar surface area (TPSA) is 70.6 Å². The first-order valence-corrected chi connectivity index (χ1v) is 10.4. The van der Waals surface area contributed by atoms with Gasteiger partial charge < -0.3 is 9.64 Å². The largest absolute Gasteiger partial charge is 0.457 e. The quantitative estimate of drug-likeness (QED) is 0.605. The Bertz CT molecular complexity index is 1070. The molecule has 4 rings (SSSR count). The molecule has 1 N–H and O–H groups in total. The number of rotatable bonds is 5. The van der Waals surface area contributed by atoms with Crippen molar-refractivity contribution in [2.45, 2.75) is 12.7 Å². The first kappa shape index (κ1) is 22.5. The second-order valence-corrected chi connectivity index (χ2v) is 7.56. The van der Waals surface area contributed by atoms with Crippen LogP contribution in [0.15, 0.2) is 67.1 Å². The Morgan fingerprint density at radius 3 is 2.42 bits per heavy atom. The molecule has 0 radical (unpaired) electrons. The summed E-state index contributed by atoms with van der Waals surface area (Å²) in [6.45, 7) is 3.24. The summed E-state index contributed by atoms with van der Waals surface area (Å²) in [6.07, 6.45) is 0.174. The molecule has 0 aliphatic carbocycles. The van der Waals surface area contributed by atoms with Gasteiger partial charge in [-0.25, -0.2) is 9.78 Å². The van der Waals surface area contributed by atoms with Crippen LogP contribution in [0.5, 0.6) is 11.5 Å². The Morgan fingerprint density at radius 2 is 1.76 bits per heavy atom. The number of carbonyl (C=O) groups is 1. The zero-order chi connectivity index (χ0) is 23.3. The molecule has 2 amide bonds. The Labute approximate surface area is 188 Å². The van der Waals surface area contributed by atoms with Crippen LogP contribution in [-0.2, 0) is 12.7 Å². The van der Waals surface area contributed by atoms with Crippen molar-refractivity contribution < 1.29 is 22.7 Å². The van der Waals surface area contributed by atoms with E-state index in [1.165, 1.54) is 30.7 Å². The summed E-state index contributed by atoms with van der Waals surface area (Å²) in [5, 5.41) is 2.73. The van der Waals surface area contributed by atoms with Crippen LogP contribution in [0.25, 0.3) is 0 Å². The highest BCUT2D eigenvalue weighted by Gasteiger charge is 2.30. The summed E-state index contributed by atoms with van der Waals surface area (Å²) in [5.74, 6) is 1.30. The minimum absolute atomic E-state index is 0.206. The smallest absolute Gasteiger partial charge is 0.416 e. The third-order valence-corrected chi connectivity index (χ3v) is 5.18. The number of alkyl halides is 3. The van der Waals surface area contributed by atoms with Gasteiger partial charge in [-0.2, -0.15) is 13.2 Å². The van der Waals surface area contributed by atoms with E-state index < -0.39 is 11.7 Å². The second kappa shape index (κ2) is 9.86. The minimum atomic E-state index is -4.38. The van der Waals surface area contributed by atoms with Crippen molar-refractivity contribution >= 4 is 11.8 Å². The van der Waals surface area contributed by atoms with Crippen molar-refractivity contribution in [3.8, 4) is 11.5 Å². The summed E-state index contributed by atoms with van der Waals surface area (Å²) in [7, 11) is 0. The lowest BCUT2D eigenvalue weighted by Crippen LogP contribution is -2.49. The molecule has 0 saturated carbocycles. The minimum Gasteiger partial charge on any atom is -0.457 e. The number of nitrogens with one attached hydrogen (secondary N) is 1. The van der Waals surface area contributed by atoms with Gasteiger partial charge in [0.1, 0.15) is 11.5 Å². The molecule has 2 heterocycles. The predicted molar refractivity (Wildman–Crippen MR) is 116 cm³/mol. The normalized spacial score (nSPS) is 14.7. The van der Waals surface area contributed by atoms with Crippen molar-refractivity contribution in [3.63, 3.8) is 0 Å². The maximum Gasteiger partial charge on any atom is 0.416 e. The molecular weight excluding hydrogens is 435 g/mol. The van der Waals surface area contributed by atoms with Gasteiger partial charge in [0.25, 0.3) is 0 Å². The third kappa shape index (κ3) is 6.19. The predicted octanol–water partition coefficient (Wildman–Crippen LogP) is 4.64. The standard InChI is InChI=1S/C23H22F3N5O2/c24-23(25,26)18-4-6-19(7-5-18)33-20-3-1-2-17(14-20)16-30-10-12-31(13-11-30)22(32)29-21-15-27-8-9-28-21/h1-9,14-15H,10-13,16H2,(H,28,29,32). The van der Waals surface area contributed by atoms with Gasteiger partial charge in [-0.05, 0) is 42.0 Å². The van der Waals surface area contributed by atoms with Crippen LogP contribution < -0.4 is 10.1 Å². The van der Waals surface area contributed by atoms with Crippen LogP contribution in [0.1, 0.15) is 11.1 Å². The third-order valence-electron chi connectivity index (χ3n) is 5.18. The lowest BCUT2D eigenvalue weighted by atomic mass is 10.2.